The van der Waals surface area contributed by atoms with E-state index in [2.05, 4.69) is 10.3 Å². The quantitative estimate of drug-likeness (QED) is 0.862. The largest absolute Gasteiger partial charge is 0.497 e. The maximum Gasteiger partial charge on any atom is 0.127 e. The average molecular weight is 259 g/mol. The Kier molecular flexibility index (Phi) is 4.07. The monoisotopic (exact) mass is 259 g/mol. The van der Waals surface area contributed by atoms with Crippen molar-refractivity contribution in [3.05, 3.63) is 42.2 Å². The Bertz CT molecular complexity index is 558. The summed E-state index contributed by atoms with van der Waals surface area (Å²) >= 11 is 0. The summed E-state index contributed by atoms with van der Waals surface area (Å²) in [5.41, 5.74) is 8.22. The molecule has 0 saturated carbocycles. The number of rotatable bonds is 5. The minimum Gasteiger partial charge on any atom is -0.497 e. The summed E-state index contributed by atoms with van der Waals surface area (Å²) in [4.78, 5) is 4.03. The van der Waals surface area contributed by atoms with Gasteiger partial charge in [-0.05, 0) is 18.2 Å². The third-order valence-corrected chi connectivity index (χ3v) is 2.74. The van der Waals surface area contributed by atoms with Crippen LogP contribution >= 0.6 is 0 Å². The maximum absolute atomic E-state index is 5.68. The van der Waals surface area contributed by atoms with Gasteiger partial charge in [0.25, 0.3) is 0 Å². The number of hydrogen-bond donors (Lipinski definition) is 2. The Morgan fingerprint density at radius 2 is 2.00 bits per heavy atom. The lowest BCUT2D eigenvalue weighted by atomic mass is 10.2. The number of ether oxygens (including phenoxy) is 2. The second kappa shape index (κ2) is 5.95. The summed E-state index contributed by atoms with van der Waals surface area (Å²) in [7, 11) is 3.27. The summed E-state index contributed by atoms with van der Waals surface area (Å²) in [6.07, 6.45) is 3.34. The molecule has 0 aliphatic carbocycles. The molecule has 1 aromatic carbocycles. The van der Waals surface area contributed by atoms with Crippen LogP contribution in [-0.4, -0.2) is 19.2 Å². The molecule has 0 spiro atoms. The SMILES string of the molecule is COc1ccc(CNc2cncc(N)c2)c(OC)c1. The molecule has 0 saturated heterocycles. The van der Waals surface area contributed by atoms with E-state index >= 15 is 0 Å². The molecule has 2 rings (SSSR count). The van der Waals surface area contributed by atoms with Crippen LogP contribution in [-0.2, 0) is 6.54 Å². The number of hydrogen-bond acceptors (Lipinski definition) is 5. The van der Waals surface area contributed by atoms with Crippen LogP contribution in [0.15, 0.2) is 36.7 Å². The molecule has 0 fully saturated rings. The molecular formula is C14H17N3O2. The van der Waals surface area contributed by atoms with Gasteiger partial charge in [0.2, 0.25) is 0 Å². The molecule has 100 valence electrons. The number of aromatic nitrogens is 1. The van der Waals surface area contributed by atoms with Crippen LogP contribution in [0.2, 0.25) is 0 Å². The highest BCUT2D eigenvalue weighted by atomic mass is 16.5. The molecule has 3 N–H and O–H groups in total. The second-order valence-corrected chi connectivity index (χ2v) is 4.04. The maximum atomic E-state index is 5.68. The van der Waals surface area contributed by atoms with Gasteiger partial charge in [0.1, 0.15) is 11.5 Å². The van der Waals surface area contributed by atoms with Crippen LogP contribution in [0.25, 0.3) is 0 Å². The van der Waals surface area contributed by atoms with E-state index in [-0.39, 0.29) is 0 Å². The first-order valence-electron chi connectivity index (χ1n) is 5.88. The van der Waals surface area contributed by atoms with Crippen molar-refractivity contribution in [2.24, 2.45) is 0 Å². The van der Waals surface area contributed by atoms with E-state index in [9.17, 15) is 0 Å². The summed E-state index contributed by atoms with van der Waals surface area (Å²) in [6, 6.07) is 7.55. The molecule has 2 aromatic rings. The van der Waals surface area contributed by atoms with E-state index in [0.29, 0.717) is 12.2 Å². The van der Waals surface area contributed by atoms with Crippen molar-refractivity contribution < 1.29 is 9.47 Å². The molecule has 1 heterocycles. The van der Waals surface area contributed by atoms with Crippen LogP contribution in [0.1, 0.15) is 5.56 Å². The first-order valence-corrected chi connectivity index (χ1v) is 5.88. The predicted octanol–water partition coefficient (Wildman–Crippen LogP) is 2.29. The van der Waals surface area contributed by atoms with Crippen LogP contribution in [0.4, 0.5) is 11.4 Å². The van der Waals surface area contributed by atoms with Crippen molar-refractivity contribution >= 4 is 11.4 Å². The molecule has 19 heavy (non-hydrogen) atoms. The Hall–Kier alpha value is -2.43. The molecule has 1 aromatic heterocycles. The molecular weight excluding hydrogens is 242 g/mol. The molecule has 0 atom stereocenters. The molecule has 0 aliphatic rings. The summed E-state index contributed by atoms with van der Waals surface area (Å²) < 4.78 is 10.5. The minimum atomic E-state index is 0.623. The zero-order chi connectivity index (χ0) is 13.7. The lowest BCUT2D eigenvalue weighted by molar-refractivity contribution is 0.391. The van der Waals surface area contributed by atoms with E-state index in [1.807, 2.05) is 24.3 Å². The van der Waals surface area contributed by atoms with Gasteiger partial charge in [-0.3, -0.25) is 4.98 Å². The third kappa shape index (κ3) is 3.28. The molecule has 0 amide bonds. The highest BCUT2D eigenvalue weighted by Crippen LogP contribution is 2.25. The van der Waals surface area contributed by atoms with Crippen LogP contribution in [0.5, 0.6) is 11.5 Å². The smallest absolute Gasteiger partial charge is 0.127 e. The summed E-state index contributed by atoms with van der Waals surface area (Å²) in [6.45, 7) is 0.623. The van der Waals surface area contributed by atoms with Crippen LogP contribution < -0.4 is 20.5 Å². The second-order valence-electron chi connectivity index (χ2n) is 4.04. The van der Waals surface area contributed by atoms with Crippen molar-refractivity contribution in [3.63, 3.8) is 0 Å². The van der Waals surface area contributed by atoms with Crippen molar-refractivity contribution in [1.82, 2.24) is 4.98 Å². The van der Waals surface area contributed by atoms with Gasteiger partial charge in [0.15, 0.2) is 0 Å². The summed E-state index contributed by atoms with van der Waals surface area (Å²) in [5, 5.41) is 3.25. The van der Waals surface area contributed by atoms with Crippen molar-refractivity contribution in [3.8, 4) is 11.5 Å². The van der Waals surface area contributed by atoms with Gasteiger partial charge < -0.3 is 20.5 Å². The third-order valence-electron chi connectivity index (χ3n) is 2.74. The van der Waals surface area contributed by atoms with Gasteiger partial charge in [0, 0.05) is 24.4 Å². The van der Waals surface area contributed by atoms with Gasteiger partial charge >= 0.3 is 0 Å². The average Bonchev–Trinajstić information content (AvgIpc) is 2.45. The number of nitrogens with one attached hydrogen (secondary N) is 1. The van der Waals surface area contributed by atoms with Crippen LogP contribution in [0.3, 0.4) is 0 Å². The Morgan fingerprint density at radius 3 is 2.68 bits per heavy atom. The molecule has 0 bridgehead atoms. The number of methoxy groups -OCH3 is 2. The molecule has 5 nitrogen and oxygen atoms in total. The van der Waals surface area contributed by atoms with Gasteiger partial charge in [-0.1, -0.05) is 0 Å². The number of nitrogens with zero attached hydrogens (tertiary/aromatic N) is 1. The standard InChI is InChI=1S/C14H17N3O2/c1-18-13-4-3-10(14(6-13)19-2)7-17-12-5-11(15)8-16-9-12/h3-6,8-9,17H,7,15H2,1-2H3. The fourth-order valence-electron chi connectivity index (χ4n) is 1.75. The van der Waals surface area contributed by atoms with Gasteiger partial charge in [-0.2, -0.15) is 0 Å². The molecule has 0 unspecified atom stereocenters. The fraction of sp³-hybridized carbons (Fsp3) is 0.214. The van der Waals surface area contributed by atoms with E-state index in [4.69, 9.17) is 15.2 Å². The fourth-order valence-corrected chi connectivity index (χ4v) is 1.75. The first-order chi connectivity index (χ1) is 9.22. The van der Waals surface area contributed by atoms with Crippen molar-refractivity contribution in [2.75, 3.05) is 25.3 Å². The Labute approximate surface area is 112 Å². The zero-order valence-electron chi connectivity index (χ0n) is 11.0. The minimum absolute atomic E-state index is 0.623. The highest BCUT2D eigenvalue weighted by molar-refractivity contribution is 5.52. The number of nitrogens with two attached hydrogens (primary N) is 1. The lowest BCUT2D eigenvalue weighted by Gasteiger charge is -2.12. The van der Waals surface area contributed by atoms with Gasteiger partial charge in [-0.15, -0.1) is 0 Å². The topological polar surface area (TPSA) is 69.4 Å². The van der Waals surface area contributed by atoms with Gasteiger partial charge in [-0.25, -0.2) is 0 Å². The number of benzene rings is 1. The molecule has 5 heteroatoms. The van der Waals surface area contributed by atoms with Crippen LogP contribution in [0, 0.1) is 0 Å². The zero-order valence-corrected chi connectivity index (χ0v) is 11.0. The lowest BCUT2D eigenvalue weighted by Crippen LogP contribution is -2.03. The number of nitrogen functional groups attached to an aromatic ring is 1. The first kappa shape index (κ1) is 13.0. The Morgan fingerprint density at radius 1 is 1.16 bits per heavy atom. The van der Waals surface area contributed by atoms with E-state index in [1.165, 1.54) is 0 Å². The van der Waals surface area contributed by atoms with E-state index in [1.54, 1.807) is 26.6 Å². The highest BCUT2D eigenvalue weighted by Gasteiger charge is 2.05. The number of anilines is 2. The predicted molar refractivity (Wildman–Crippen MR) is 75.5 cm³/mol. The van der Waals surface area contributed by atoms with Gasteiger partial charge in [0.05, 0.1) is 31.8 Å². The molecule has 0 aliphatic heterocycles. The van der Waals surface area contributed by atoms with E-state index in [0.717, 1.165) is 22.7 Å². The summed E-state index contributed by atoms with van der Waals surface area (Å²) in [5.74, 6) is 1.55. The van der Waals surface area contributed by atoms with Crippen molar-refractivity contribution in [1.29, 1.82) is 0 Å². The normalized spacial score (nSPS) is 10.0. The van der Waals surface area contributed by atoms with Crippen molar-refractivity contribution in [2.45, 2.75) is 6.54 Å². The van der Waals surface area contributed by atoms with E-state index < -0.39 is 0 Å². The Balaban J connectivity index is 2.11. The molecule has 0 radical (unpaired) electrons. The number of pyridine rings is 1.